The smallest absolute Gasteiger partial charge is 0.282 e. The summed E-state index contributed by atoms with van der Waals surface area (Å²) in [5.74, 6) is 1.14. The second-order valence-electron chi connectivity index (χ2n) is 7.74. The minimum Gasteiger partial charge on any atom is -0.493 e. The van der Waals surface area contributed by atoms with E-state index >= 15 is 0 Å². The summed E-state index contributed by atoms with van der Waals surface area (Å²) in [6, 6.07) is 13.0. The van der Waals surface area contributed by atoms with Crippen LogP contribution in [-0.2, 0) is 13.0 Å². The Morgan fingerprint density at radius 3 is 2.57 bits per heavy atom. The van der Waals surface area contributed by atoms with Gasteiger partial charge in [0.15, 0.2) is 11.5 Å². The fourth-order valence-corrected chi connectivity index (χ4v) is 4.53. The van der Waals surface area contributed by atoms with Gasteiger partial charge in [-0.3, -0.25) is 14.9 Å². The molecule has 1 aromatic heterocycles. The average Bonchev–Trinajstić information content (AvgIpc) is 2.90. The van der Waals surface area contributed by atoms with Crippen molar-refractivity contribution < 1.29 is 14.4 Å². The van der Waals surface area contributed by atoms with Crippen LogP contribution in [0.1, 0.15) is 23.9 Å². The fraction of sp³-hybridized carbons (Fsp3) is 0.160. The van der Waals surface area contributed by atoms with E-state index in [2.05, 4.69) is 41.9 Å². The maximum absolute atomic E-state index is 13.2. The lowest BCUT2D eigenvalue weighted by molar-refractivity contribution is -0.384. The van der Waals surface area contributed by atoms with Crippen molar-refractivity contribution in [1.82, 2.24) is 9.66 Å². The van der Waals surface area contributed by atoms with Crippen LogP contribution in [0.3, 0.4) is 0 Å². The largest absolute Gasteiger partial charge is 0.493 e. The van der Waals surface area contributed by atoms with Gasteiger partial charge in [0, 0.05) is 33.1 Å². The fourth-order valence-electron chi connectivity index (χ4n) is 3.52. The van der Waals surface area contributed by atoms with Crippen molar-refractivity contribution >= 4 is 66.3 Å². The first-order valence-electron chi connectivity index (χ1n) is 10.9. The molecule has 9 nitrogen and oxygen atoms in total. The molecule has 0 radical (unpaired) electrons. The molecule has 0 N–H and O–H groups in total. The molecule has 1 heterocycles. The number of ether oxygens (including phenoxy) is 2. The molecule has 4 rings (SSSR count). The van der Waals surface area contributed by atoms with Crippen LogP contribution in [0.4, 0.5) is 5.69 Å². The predicted molar refractivity (Wildman–Crippen MR) is 149 cm³/mol. The SMILES string of the molecule is CCc1nc2ccc(Br)cc2c(=O)n1N=Cc1cc(OC)c(OCc2ccc([N+](=O)[O-])cc2)c(Cl)c1Br. The van der Waals surface area contributed by atoms with E-state index in [0.29, 0.717) is 44.5 Å². The molecular weight excluding hydrogens is 632 g/mol. The zero-order valence-corrected chi connectivity index (χ0v) is 23.5. The molecule has 0 spiro atoms. The second-order valence-corrected chi connectivity index (χ2v) is 9.83. The highest BCUT2D eigenvalue weighted by molar-refractivity contribution is 9.10. The minimum atomic E-state index is -0.466. The number of fused-ring (bicyclic) bond motifs is 1. The molecule has 4 aromatic rings. The topological polar surface area (TPSA) is 109 Å². The highest BCUT2D eigenvalue weighted by atomic mass is 79.9. The number of hydrogen-bond donors (Lipinski definition) is 0. The Labute approximate surface area is 233 Å². The quantitative estimate of drug-likeness (QED) is 0.122. The number of non-ortho nitro benzene ring substituents is 1. The number of hydrogen-bond acceptors (Lipinski definition) is 7. The van der Waals surface area contributed by atoms with Crippen molar-refractivity contribution in [3.05, 3.63) is 99.9 Å². The molecule has 3 aromatic carbocycles. The lowest BCUT2D eigenvalue weighted by Gasteiger charge is -2.15. The Morgan fingerprint density at radius 2 is 1.92 bits per heavy atom. The van der Waals surface area contributed by atoms with E-state index in [1.807, 2.05) is 13.0 Å². The van der Waals surface area contributed by atoms with Crippen molar-refractivity contribution in [2.24, 2.45) is 5.10 Å². The monoisotopic (exact) mass is 648 g/mol. The molecule has 0 saturated heterocycles. The van der Waals surface area contributed by atoms with Crippen LogP contribution in [0.2, 0.25) is 5.02 Å². The molecule has 0 aliphatic rings. The molecule has 0 saturated carbocycles. The zero-order valence-electron chi connectivity index (χ0n) is 19.6. The molecule has 0 unspecified atom stereocenters. The van der Waals surface area contributed by atoms with Gasteiger partial charge in [0.1, 0.15) is 17.5 Å². The van der Waals surface area contributed by atoms with Gasteiger partial charge < -0.3 is 9.47 Å². The van der Waals surface area contributed by atoms with Crippen molar-refractivity contribution in [3.63, 3.8) is 0 Å². The number of methoxy groups -OCH3 is 1. The molecule has 0 fully saturated rings. The number of nitro groups is 1. The van der Waals surface area contributed by atoms with Crippen LogP contribution >= 0.6 is 43.5 Å². The van der Waals surface area contributed by atoms with E-state index in [9.17, 15) is 14.9 Å². The molecule has 37 heavy (non-hydrogen) atoms. The Hall–Kier alpha value is -3.28. The van der Waals surface area contributed by atoms with Gasteiger partial charge in [-0.1, -0.05) is 34.5 Å². The van der Waals surface area contributed by atoms with Crippen molar-refractivity contribution in [2.75, 3.05) is 7.11 Å². The molecule has 0 aliphatic carbocycles. The van der Waals surface area contributed by atoms with Crippen LogP contribution < -0.4 is 15.0 Å². The van der Waals surface area contributed by atoms with Crippen LogP contribution in [0.15, 0.2) is 67.4 Å². The molecule has 190 valence electrons. The van der Waals surface area contributed by atoms with Crippen molar-refractivity contribution in [3.8, 4) is 11.5 Å². The van der Waals surface area contributed by atoms with Gasteiger partial charge in [0.05, 0.1) is 29.2 Å². The van der Waals surface area contributed by atoms with Crippen LogP contribution in [0.25, 0.3) is 10.9 Å². The summed E-state index contributed by atoms with van der Waals surface area (Å²) >= 11 is 13.5. The van der Waals surface area contributed by atoms with Crippen molar-refractivity contribution in [1.29, 1.82) is 0 Å². The number of rotatable bonds is 8. The first-order valence-corrected chi connectivity index (χ1v) is 12.9. The molecule has 12 heteroatoms. The molecule has 0 bridgehead atoms. The normalized spacial score (nSPS) is 11.3. The zero-order chi connectivity index (χ0) is 26.7. The first-order chi connectivity index (χ1) is 17.7. The minimum absolute atomic E-state index is 0.00895. The van der Waals surface area contributed by atoms with Gasteiger partial charge in [-0.2, -0.15) is 9.78 Å². The van der Waals surface area contributed by atoms with Crippen LogP contribution in [0.5, 0.6) is 11.5 Å². The number of aromatic nitrogens is 2. The lowest BCUT2D eigenvalue weighted by atomic mass is 10.2. The average molecular weight is 651 g/mol. The third kappa shape index (κ3) is 5.68. The first kappa shape index (κ1) is 26.8. The molecule has 0 amide bonds. The van der Waals surface area contributed by atoms with Gasteiger partial charge >= 0.3 is 0 Å². The summed E-state index contributed by atoms with van der Waals surface area (Å²) in [4.78, 5) is 28.1. The van der Waals surface area contributed by atoms with Gasteiger partial charge in [0.2, 0.25) is 0 Å². The van der Waals surface area contributed by atoms with E-state index in [4.69, 9.17) is 21.1 Å². The number of benzene rings is 3. The third-order valence-corrected chi connectivity index (χ3v) is 7.35. The maximum atomic E-state index is 13.2. The number of nitrogens with zero attached hydrogens (tertiary/aromatic N) is 4. The van der Waals surface area contributed by atoms with Gasteiger partial charge in [-0.05, 0) is 57.9 Å². The predicted octanol–water partition coefficient (Wildman–Crippen LogP) is 6.52. The summed E-state index contributed by atoms with van der Waals surface area (Å²) in [5, 5.41) is 16.0. The summed E-state index contributed by atoms with van der Waals surface area (Å²) in [5.41, 5.74) is 1.55. The number of halogens is 3. The Balaban J connectivity index is 1.67. The van der Waals surface area contributed by atoms with Crippen LogP contribution in [0, 0.1) is 10.1 Å². The van der Waals surface area contributed by atoms with Gasteiger partial charge in [0.25, 0.3) is 11.2 Å². The van der Waals surface area contributed by atoms with Gasteiger partial charge in [-0.15, -0.1) is 0 Å². The Morgan fingerprint density at radius 1 is 1.19 bits per heavy atom. The molecule has 0 aliphatic heterocycles. The summed E-state index contributed by atoms with van der Waals surface area (Å²) in [6.45, 7) is 2.01. The van der Waals surface area contributed by atoms with E-state index in [1.54, 1.807) is 30.3 Å². The standard InChI is InChI=1S/C25H19Br2ClN4O5/c1-3-21-30-19-9-6-16(26)11-18(19)25(33)31(21)29-12-15-10-20(36-2)24(23(28)22(15)27)37-13-14-4-7-17(8-5-14)32(34)35/h4-12H,3,13H2,1-2H3. The van der Waals surface area contributed by atoms with Crippen molar-refractivity contribution in [2.45, 2.75) is 20.0 Å². The van der Waals surface area contributed by atoms with E-state index < -0.39 is 4.92 Å². The summed E-state index contributed by atoms with van der Waals surface area (Å²) < 4.78 is 13.9. The van der Waals surface area contributed by atoms with E-state index in [1.165, 1.54) is 30.1 Å². The highest BCUT2D eigenvalue weighted by Gasteiger charge is 2.18. The number of aryl methyl sites for hydroxylation is 1. The number of nitro benzene ring substituents is 1. The Kier molecular flexibility index (Phi) is 8.25. The molecular formula is C25H19Br2ClN4O5. The Bertz CT molecular complexity index is 1590. The molecule has 0 atom stereocenters. The lowest BCUT2D eigenvalue weighted by Crippen LogP contribution is -2.22. The maximum Gasteiger partial charge on any atom is 0.282 e. The van der Waals surface area contributed by atoms with E-state index in [0.717, 1.165) is 4.47 Å². The summed E-state index contributed by atoms with van der Waals surface area (Å²) in [7, 11) is 1.48. The third-order valence-electron chi connectivity index (χ3n) is 5.41. The second kappa shape index (κ2) is 11.4. The van der Waals surface area contributed by atoms with E-state index in [-0.39, 0.29) is 28.6 Å². The van der Waals surface area contributed by atoms with Gasteiger partial charge in [-0.25, -0.2) is 4.98 Å². The highest BCUT2D eigenvalue weighted by Crippen LogP contribution is 2.42. The van der Waals surface area contributed by atoms with Crippen LogP contribution in [-0.4, -0.2) is 27.9 Å². The summed E-state index contributed by atoms with van der Waals surface area (Å²) in [6.07, 6.45) is 1.99.